The fraction of sp³-hybridized carbons (Fsp3) is 0.467. The molecule has 1 aromatic carbocycles. The molecular formula is C15H20N2O3. The van der Waals surface area contributed by atoms with Gasteiger partial charge in [-0.1, -0.05) is 32.9 Å². The van der Waals surface area contributed by atoms with Crippen LogP contribution in [0.5, 0.6) is 5.75 Å². The number of benzene rings is 1. The molecule has 0 saturated carbocycles. The largest absolute Gasteiger partial charge is 0.482 e. The number of anilines is 1. The standard InChI is InChI=1S/C15H20N2O3/c1-15(2,3)14(19)16-8-9-17-11-6-4-5-7-12(11)20-10-13(17)18/h4-7H,8-10H2,1-3H3,(H,16,19). The highest BCUT2D eigenvalue weighted by Crippen LogP contribution is 2.30. The van der Waals surface area contributed by atoms with Crippen LogP contribution in [-0.2, 0) is 9.59 Å². The van der Waals surface area contributed by atoms with Crippen molar-refractivity contribution < 1.29 is 14.3 Å². The van der Waals surface area contributed by atoms with E-state index < -0.39 is 5.41 Å². The molecule has 0 saturated heterocycles. The molecule has 2 amide bonds. The van der Waals surface area contributed by atoms with E-state index in [9.17, 15) is 9.59 Å². The summed E-state index contributed by atoms with van der Waals surface area (Å²) in [7, 11) is 0. The van der Waals surface area contributed by atoms with Gasteiger partial charge >= 0.3 is 0 Å². The monoisotopic (exact) mass is 276 g/mol. The van der Waals surface area contributed by atoms with Crippen LogP contribution >= 0.6 is 0 Å². The summed E-state index contributed by atoms with van der Waals surface area (Å²) in [4.78, 5) is 25.4. The van der Waals surface area contributed by atoms with E-state index in [2.05, 4.69) is 5.32 Å². The number of nitrogens with one attached hydrogen (secondary N) is 1. The quantitative estimate of drug-likeness (QED) is 0.911. The molecule has 1 aromatic rings. The number of hydrogen-bond donors (Lipinski definition) is 1. The molecule has 0 fully saturated rings. The van der Waals surface area contributed by atoms with E-state index in [1.54, 1.807) is 4.90 Å². The Balaban J connectivity index is 1.99. The van der Waals surface area contributed by atoms with Gasteiger partial charge in [0.05, 0.1) is 5.69 Å². The van der Waals surface area contributed by atoms with Crippen molar-refractivity contribution in [2.45, 2.75) is 20.8 Å². The molecule has 108 valence electrons. The van der Waals surface area contributed by atoms with E-state index in [0.29, 0.717) is 18.8 Å². The van der Waals surface area contributed by atoms with Gasteiger partial charge < -0.3 is 15.0 Å². The van der Waals surface area contributed by atoms with Gasteiger partial charge in [0, 0.05) is 18.5 Å². The molecule has 2 rings (SSSR count). The first-order valence-electron chi connectivity index (χ1n) is 6.70. The van der Waals surface area contributed by atoms with E-state index in [1.807, 2.05) is 45.0 Å². The number of nitrogens with zero attached hydrogens (tertiary/aromatic N) is 1. The van der Waals surface area contributed by atoms with Crippen LogP contribution in [0.3, 0.4) is 0 Å². The van der Waals surface area contributed by atoms with Gasteiger partial charge in [0.1, 0.15) is 5.75 Å². The normalized spacial score (nSPS) is 14.6. The minimum absolute atomic E-state index is 0.0218. The van der Waals surface area contributed by atoms with E-state index in [4.69, 9.17) is 4.74 Å². The third-order valence-corrected chi connectivity index (χ3v) is 3.11. The molecule has 0 aliphatic carbocycles. The minimum Gasteiger partial charge on any atom is -0.482 e. The Morgan fingerprint density at radius 3 is 2.75 bits per heavy atom. The topological polar surface area (TPSA) is 58.6 Å². The van der Waals surface area contributed by atoms with Gasteiger partial charge in [0.25, 0.3) is 5.91 Å². The molecule has 1 N–H and O–H groups in total. The number of ether oxygens (including phenoxy) is 1. The summed E-state index contributed by atoms with van der Waals surface area (Å²) in [5.41, 5.74) is 0.334. The number of carbonyl (C=O) groups excluding carboxylic acids is 2. The predicted octanol–water partition coefficient (Wildman–Crippen LogP) is 1.57. The molecule has 0 spiro atoms. The number of hydrogen-bond acceptors (Lipinski definition) is 3. The average Bonchev–Trinajstić information content (AvgIpc) is 2.40. The van der Waals surface area contributed by atoms with Gasteiger partial charge in [0.15, 0.2) is 6.61 Å². The first-order chi connectivity index (χ1) is 9.39. The van der Waals surface area contributed by atoms with Crippen LogP contribution in [0.1, 0.15) is 20.8 Å². The van der Waals surface area contributed by atoms with Gasteiger partial charge in [-0.2, -0.15) is 0 Å². The van der Waals surface area contributed by atoms with E-state index >= 15 is 0 Å². The molecule has 1 aliphatic heterocycles. The lowest BCUT2D eigenvalue weighted by molar-refractivity contribution is -0.128. The number of rotatable bonds is 3. The van der Waals surface area contributed by atoms with Crippen LogP contribution in [0.4, 0.5) is 5.69 Å². The highest BCUT2D eigenvalue weighted by molar-refractivity contribution is 5.97. The van der Waals surface area contributed by atoms with Crippen LogP contribution in [0, 0.1) is 5.41 Å². The first-order valence-corrected chi connectivity index (χ1v) is 6.70. The van der Waals surface area contributed by atoms with Crippen LogP contribution < -0.4 is 15.0 Å². The molecular weight excluding hydrogens is 256 g/mol. The fourth-order valence-electron chi connectivity index (χ4n) is 1.95. The molecule has 1 heterocycles. The highest BCUT2D eigenvalue weighted by Gasteiger charge is 2.25. The van der Waals surface area contributed by atoms with Crippen molar-refractivity contribution in [3.05, 3.63) is 24.3 Å². The lowest BCUT2D eigenvalue weighted by Gasteiger charge is -2.29. The smallest absolute Gasteiger partial charge is 0.265 e. The Morgan fingerprint density at radius 1 is 1.35 bits per heavy atom. The van der Waals surface area contributed by atoms with E-state index in [0.717, 1.165) is 5.69 Å². The average molecular weight is 276 g/mol. The minimum atomic E-state index is -0.424. The van der Waals surface area contributed by atoms with Crippen molar-refractivity contribution in [3.63, 3.8) is 0 Å². The molecule has 0 radical (unpaired) electrons. The lowest BCUT2D eigenvalue weighted by atomic mass is 9.96. The molecule has 5 nitrogen and oxygen atoms in total. The van der Waals surface area contributed by atoms with E-state index in [-0.39, 0.29) is 18.4 Å². The second kappa shape index (κ2) is 5.53. The zero-order chi connectivity index (χ0) is 14.8. The Bertz CT molecular complexity index is 520. The predicted molar refractivity (Wildman–Crippen MR) is 76.8 cm³/mol. The molecule has 1 aliphatic rings. The van der Waals surface area contributed by atoms with Crippen molar-refractivity contribution in [2.24, 2.45) is 5.41 Å². The lowest BCUT2D eigenvalue weighted by Crippen LogP contribution is -2.45. The molecule has 0 aromatic heterocycles. The summed E-state index contributed by atoms with van der Waals surface area (Å²) in [6, 6.07) is 7.41. The van der Waals surface area contributed by atoms with Crippen molar-refractivity contribution in [2.75, 3.05) is 24.6 Å². The summed E-state index contributed by atoms with van der Waals surface area (Å²) < 4.78 is 5.37. The SMILES string of the molecule is CC(C)(C)C(=O)NCCN1C(=O)COc2ccccc21. The van der Waals surface area contributed by atoms with Crippen LogP contribution in [-0.4, -0.2) is 31.5 Å². The summed E-state index contributed by atoms with van der Waals surface area (Å²) in [5, 5.41) is 2.85. The highest BCUT2D eigenvalue weighted by atomic mass is 16.5. The van der Waals surface area contributed by atoms with Crippen LogP contribution in [0.15, 0.2) is 24.3 Å². The second-order valence-electron chi connectivity index (χ2n) is 5.81. The third kappa shape index (κ3) is 3.10. The second-order valence-corrected chi connectivity index (χ2v) is 5.81. The van der Waals surface area contributed by atoms with Gasteiger partial charge in [0.2, 0.25) is 5.91 Å². The molecule has 0 atom stereocenters. The van der Waals surface area contributed by atoms with Gasteiger partial charge in [-0.05, 0) is 12.1 Å². The Kier molecular flexibility index (Phi) is 3.97. The molecule has 0 unspecified atom stereocenters. The van der Waals surface area contributed by atoms with Crippen LogP contribution in [0.25, 0.3) is 0 Å². The summed E-state index contributed by atoms with van der Waals surface area (Å²) in [5.74, 6) is 0.592. The van der Waals surface area contributed by atoms with Crippen molar-refractivity contribution in [1.82, 2.24) is 5.32 Å². The Morgan fingerprint density at radius 2 is 2.05 bits per heavy atom. The molecule has 20 heavy (non-hydrogen) atoms. The number of para-hydroxylation sites is 2. The first kappa shape index (κ1) is 14.4. The van der Waals surface area contributed by atoms with Crippen LogP contribution in [0.2, 0.25) is 0 Å². The molecule has 0 bridgehead atoms. The van der Waals surface area contributed by atoms with E-state index in [1.165, 1.54) is 0 Å². The van der Waals surface area contributed by atoms with Crippen molar-refractivity contribution >= 4 is 17.5 Å². The maximum Gasteiger partial charge on any atom is 0.265 e. The summed E-state index contributed by atoms with van der Waals surface area (Å²) in [6.07, 6.45) is 0. The number of fused-ring (bicyclic) bond motifs is 1. The Labute approximate surface area is 118 Å². The van der Waals surface area contributed by atoms with Gasteiger partial charge in [-0.25, -0.2) is 0 Å². The van der Waals surface area contributed by atoms with Gasteiger partial charge in [-0.3, -0.25) is 9.59 Å². The Hall–Kier alpha value is -2.04. The van der Waals surface area contributed by atoms with Gasteiger partial charge in [-0.15, -0.1) is 0 Å². The summed E-state index contributed by atoms with van der Waals surface area (Å²) >= 11 is 0. The van der Waals surface area contributed by atoms with Crippen molar-refractivity contribution in [1.29, 1.82) is 0 Å². The fourth-order valence-corrected chi connectivity index (χ4v) is 1.95. The van der Waals surface area contributed by atoms with Crippen molar-refractivity contribution in [3.8, 4) is 5.75 Å². The molecule has 5 heteroatoms. The zero-order valence-corrected chi connectivity index (χ0v) is 12.1. The maximum atomic E-state index is 11.9. The number of amides is 2. The zero-order valence-electron chi connectivity index (χ0n) is 12.1. The maximum absolute atomic E-state index is 11.9. The number of carbonyl (C=O) groups is 2. The third-order valence-electron chi connectivity index (χ3n) is 3.11. The summed E-state index contributed by atoms with van der Waals surface area (Å²) in [6.45, 7) is 6.49.